The lowest BCUT2D eigenvalue weighted by Gasteiger charge is -2.03. The molecule has 2 heterocycles. The minimum Gasteiger partial charge on any atom is -0.396 e. The molecule has 2 N–H and O–H groups in total. The number of hydrogen-bond donors (Lipinski definition) is 1. The summed E-state index contributed by atoms with van der Waals surface area (Å²) in [4.78, 5) is 4.10. The first-order valence-electron chi connectivity index (χ1n) is 4.11. The van der Waals surface area contributed by atoms with Crippen LogP contribution in [0.5, 0.6) is 0 Å². The van der Waals surface area contributed by atoms with Crippen LogP contribution in [-0.2, 0) is 0 Å². The number of nitrogens with two attached hydrogens (primary N) is 1. The summed E-state index contributed by atoms with van der Waals surface area (Å²) >= 11 is 5.77. The summed E-state index contributed by atoms with van der Waals surface area (Å²) in [6.45, 7) is 1.90. The highest BCUT2D eigenvalue weighted by atomic mass is 35.5. The molecule has 0 radical (unpaired) electrons. The van der Waals surface area contributed by atoms with Gasteiger partial charge in [0.2, 0.25) is 0 Å². The molecule has 0 spiro atoms. The second-order valence-electron chi connectivity index (χ2n) is 2.95. The van der Waals surface area contributed by atoms with Gasteiger partial charge >= 0.3 is 0 Å². The maximum Gasteiger partial charge on any atom is 0.178 e. The smallest absolute Gasteiger partial charge is 0.178 e. The molecule has 0 atom stereocenters. The molecule has 0 saturated carbocycles. The first-order valence-corrected chi connectivity index (χ1v) is 4.49. The van der Waals surface area contributed by atoms with Crippen LogP contribution < -0.4 is 5.73 Å². The van der Waals surface area contributed by atoms with Crippen LogP contribution in [0.15, 0.2) is 24.4 Å². The molecule has 4 nitrogen and oxygen atoms in total. The van der Waals surface area contributed by atoms with Crippen molar-refractivity contribution in [3.8, 4) is 5.82 Å². The lowest BCUT2D eigenvalue weighted by Crippen LogP contribution is -2.03. The molecule has 0 unspecified atom stereocenters. The van der Waals surface area contributed by atoms with Crippen LogP contribution in [0.3, 0.4) is 0 Å². The molecule has 0 aliphatic heterocycles. The van der Waals surface area contributed by atoms with Crippen molar-refractivity contribution >= 4 is 17.3 Å². The van der Waals surface area contributed by atoms with Crippen molar-refractivity contribution in [3.63, 3.8) is 0 Å². The Morgan fingerprint density at radius 3 is 2.79 bits per heavy atom. The number of pyridine rings is 1. The lowest BCUT2D eigenvalue weighted by atomic mass is 10.4. The normalized spacial score (nSPS) is 10.4. The molecular weight excluding hydrogens is 200 g/mol. The maximum atomic E-state index is 5.77. The zero-order chi connectivity index (χ0) is 10.1. The van der Waals surface area contributed by atoms with Gasteiger partial charge in [0.1, 0.15) is 5.15 Å². The van der Waals surface area contributed by atoms with Gasteiger partial charge in [0.25, 0.3) is 0 Å². The zero-order valence-electron chi connectivity index (χ0n) is 7.61. The van der Waals surface area contributed by atoms with Gasteiger partial charge in [-0.1, -0.05) is 11.6 Å². The van der Waals surface area contributed by atoms with Crippen LogP contribution >= 0.6 is 11.6 Å². The molecular formula is C9H9ClN4. The molecule has 2 aromatic rings. The van der Waals surface area contributed by atoms with Gasteiger partial charge in [-0.15, -0.1) is 0 Å². The van der Waals surface area contributed by atoms with Gasteiger partial charge in [0.05, 0.1) is 11.4 Å². The van der Waals surface area contributed by atoms with Crippen LogP contribution in [0.4, 0.5) is 5.69 Å². The largest absolute Gasteiger partial charge is 0.396 e. The lowest BCUT2D eigenvalue weighted by molar-refractivity contribution is 0.835. The highest BCUT2D eigenvalue weighted by Gasteiger charge is 2.05. The number of hydrogen-bond acceptors (Lipinski definition) is 3. The van der Waals surface area contributed by atoms with E-state index in [0.717, 1.165) is 5.69 Å². The van der Waals surface area contributed by atoms with E-state index in [2.05, 4.69) is 10.1 Å². The van der Waals surface area contributed by atoms with E-state index in [-0.39, 0.29) is 0 Å². The summed E-state index contributed by atoms with van der Waals surface area (Å²) in [5.41, 5.74) is 7.21. The number of nitrogens with zero attached hydrogens (tertiary/aromatic N) is 3. The molecule has 0 fully saturated rings. The molecule has 2 rings (SSSR count). The Bertz CT molecular complexity index is 464. The van der Waals surface area contributed by atoms with Crippen molar-refractivity contribution in [1.29, 1.82) is 0 Å². The predicted molar refractivity (Wildman–Crippen MR) is 55.5 cm³/mol. The molecule has 72 valence electrons. The molecule has 0 aromatic carbocycles. The third-order valence-electron chi connectivity index (χ3n) is 1.81. The Morgan fingerprint density at radius 1 is 1.36 bits per heavy atom. The zero-order valence-corrected chi connectivity index (χ0v) is 8.36. The minimum absolute atomic E-state index is 0.405. The van der Waals surface area contributed by atoms with E-state index in [9.17, 15) is 0 Å². The molecule has 0 aliphatic carbocycles. The van der Waals surface area contributed by atoms with E-state index < -0.39 is 0 Å². The van der Waals surface area contributed by atoms with Crippen molar-refractivity contribution in [2.45, 2.75) is 6.92 Å². The third-order valence-corrected chi connectivity index (χ3v) is 2.02. The fourth-order valence-corrected chi connectivity index (χ4v) is 1.30. The average molecular weight is 209 g/mol. The van der Waals surface area contributed by atoms with E-state index in [1.54, 1.807) is 23.0 Å². The number of anilines is 1. The van der Waals surface area contributed by atoms with Crippen LogP contribution in [0.1, 0.15) is 5.69 Å². The van der Waals surface area contributed by atoms with Crippen LogP contribution in [0.2, 0.25) is 5.15 Å². The van der Waals surface area contributed by atoms with E-state index in [1.165, 1.54) is 0 Å². The van der Waals surface area contributed by atoms with Crippen LogP contribution in [0, 0.1) is 6.92 Å². The van der Waals surface area contributed by atoms with Gasteiger partial charge < -0.3 is 5.73 Å². The van der Waals surface area contributed by atoms with Gasteiger partial charge in [0.15, 0.2) is 5.82 Å². The molecule has 2 aromatic heterocycles. The van der Waals surface area contributed by atoms with Gasteiger partial charge in [-0.2, -0.15) is 5.10 Å². The maximum absolute atomic E-state index is 5.77. The fraction of sp³-hybridized carbons (Fsp3) is 0.111. The Labute approximate surface area is 86.3 Å². The molecule has 0 saturated heterocycles. The molecule has 0 bridgehead atoms. The SMILES string of the molecule is Cc1ccn(-c2nc(Cl)ccc2N)n1. The fourth-order valence-electron chi connectivity index (χ4n) is 1.15. The van der Waals surface area contributed by atoms with E-state index in [4.69, 9.17) is 17.3 Å². The summed E-state index contributed by atoms with van der Waals surface area (Å²) in [5.74, 6) is 0.561. The van der Waals surface area contributed by atoms with Crippen molar-refractivity contribution in [2.75, 3.05) is 5.73 Å². The third kappa shape index (κ3) is 1.56. The first kappa shape index (κ1) is 9.02. The molecule has 0 amide bonds. The van der Waals surface area contributed by atoms with Gasteiger partial charge in [0, 0.05) is 6.20 Å². The quantitative estimate of drug-likeness (QED) is 0.728. The average Bonchev–Trinajstić information content (AvgIpc) is 2.56. The Kier molecular flexibility index (Phi) is 2.13. The highest BCUT2D eigenvalue weighted by Crippen LogP contribution is 2.16. The topological polar surface area (TPSA) is 56.7 Å². The number of aryl methyl sites for hydroxylation is 1. The van der Waals surface area contributed by atoms with Gasteiger partial charge in [-0.25, -0.2) is 9.67 Å². The van der Waals surface area contributed by atoms with Crippen LogP contribution in [-0.4, -0.2) is 14.8 Å². The number of rotatable bonds is 1. The standard InChI is InChI=1S/C9H9ClN4/c1-6-4-5-14(13-6)9-7(11)2-3-8(10)12-9/h2-5H,11H2,1H3. The van der Waals surface area contributed by atoms with Crippen molar-refractivity contribution in [1.82, 2.24) is 14.8 Å². The van der Waals surface area contributed by atoms with Crippen molar-refractivity contribution in [2.24, 2.45) is 0 Å². The summed E-state index contributed by atoms with van der Waals surface area (Å²) in [6, 6.07) is 5.24. The Hall–Kier alpha value is -1.55. The first-order chi connectivity index (χ1) is 6.66. The van der Waals surface area contributed by atoms with Crippen molar-refractivity contribution in [3.05, 3.63) is 35.2 Å². The van der Waals surface area contributed by atoms with Gasteiger partial charge in [-0.3, -0.25) is 0 Å². The minimum atomic E-state index is 0.405. The second kappa shape index (κ2) is 3.31. The van der Waals surface area contributed by atoms with E-state index in [1.807, 2.05) is 13.0 Å². The highest BCUT2D eigenvalue weighted by molar-refractivity contribution is 6.29. The molecule has 0 aliphatic rings. The van der Waals surface area contributed by atoms with Gasteiger partial charge in [-0.05, 0) is 25.1 Å². The number of nitrogen functional groups attached to an aromatic ring is 1. The second-order valence-corrected chi connectivity index (χ2v) is 3.34. The predicted octanol–water partition coefficient (Wildman–Crippen LogP) is 1.81. The number of halogens is 1. The van der Waals surface area contributed by atoms with E-state index in [0.29, 0.717) is 16.7 Å². The molecule has 5 heteroatoms. The number of aromatic nitrogens is 3. The summed E-state index contributed by atoms with van der Waals surface area (Å²) in [5, 5.41) is 4.60. The van der Waals surface area contributed by atoms with E-state index >= 15 is 0 Å². The van der Waals surface area contributed by atoms with Crippen molar-refractivity contribution < 1.29 is 0 Å². The summed E-state index contributed by atoms with van der Waals surface area (Å²) in [6.07, 6.45) is 1.80. The van der Waals surface area contributed by atoms with Crippen LogP contribution in [0.25, 0.3) is 5.82 Å². The monoisotopic (exact) mass is 208 g/mol. The Balaban J connectivity index is 2.55. The Morgan fingerprint density at radius 2 is 2.14 bits per heavy atom. The molecule has 14 heavy (non-hydrogen) atoms. The summed E-state index contributed by atoms with van der Waals surface area (Å²) in [7, 11) is 0. The summed E-state index contributed by atoms with van der Waals surface area (Å²) < 4.78 is 1.61.